The Morgan fingerprint density at radius 2 is 2.00 bits per heavy atom. The molecule has 1 aromatic carbocycles. The van der Waals surface area contributed by atoms with Crippen LogP contribution in [0.3, 0.4) is 0 Å². The maximum absolute atomic E-state index is 13.8. The number of rotatable bonds is 2. The summed E-state index contributed by atoms with van der Waals surface area (Å²) in [6.45, 7) is 0. The number of carbonyl (C=O) groups excluding carboxylic acids is 1. The summed E-state index contributed by atoms with van der Waals surface area (Å²) in [6, 6.07) is 6.15. The van der Waals surface area contributed by atoms with Crippen molar-refractivity contribution in [2.75, 3.05) is 5.32 Å². The number of nitrogens with zero attached hydrogens (tertiary/aromatic N) is 3. The molecule has 0 saturated heterocycles. The number of allylic oxidation sites excluding steroid dienone is 2. The van der Waals surface area contributed by atoms with Gasteiger partial charge in [0.2, 0.25) is 5.95 Å². The first-order chi connectivity index (χ1) is 13.1. The molecule has 0 fully saturated rings. The number of benzene rings is 1. The molecule has 1 aliphatic heterocycles. The Hall–Kier alpha value is -3.29. The molecule has 0 radical (unpaired) electrons. The summed E-state index contributed by atoms with van der Waals surface area (Å²) < 4.78 is 34.6. The lowest BCUT2D eigenvalue weighted by atomic mass is 9.79. The number of nitrogens with one attached hydrogen (secondary N) is 1. The zero-order valence-electron chi connectivity index (χ0n) is 14.0. The number of ketones is 1. The van der Waals surface area contributed by atoms with Crippen LogP contribution in [0.2, 0.25) is 0 Å². The highest BCUT2D eigenvalue weighted by Gasteiger charge is 2.40. The van der Waals surface area contributed by atoms with Gasteiger partial charge in [0.1, 0.15) is 29.8 Å². The van der Waals surface area contributed by atoms with Crippen LogP contribution in [0.4, 0.5) is 14.7 Å². The quantitative estimate of drug-likeness (QED) is 0.749. The van der Waals surface area contributed by atoms with Crippen molar-refractivity contribution in [3.8, 4) is 0 Å². The van der Waals surface area contributed by atoms with Crippen LogP contribution >= 0.6 is 0 Å². The molecule has 0 unspecified atom stereocenters. The molecule has 1 N–H and O–H groups in total. The topological polar surface area (TPSA) is 73.0 Å². The molecule has 3 heterocycles. The van der Waals surface area contributed by atoms with Gasteiger partial charge >= 0.3 is 0 Å². The number of halogens is 2. The van der Waals surface area contributed by atoms with Crippen LogP contribution in [0.5, 0.6) is 0 Å². The second-order valence-electron chi connectivity index (χ2n) is 6.69. The van der Waals surface area contributed by atoms with Gasteiger partial charge in [0.15, 0.2) is 5.78 Å². The molecule has 136 valence electrons. The molecule has 6 nitrogen and oxygen atoms in total. The lowest BCUT2D eigenvalue weighted by Crippen LogP contribution is -2.33. The van der Waals surface area contributed by atoms with Gasteiger partial charge in [0.25, 0.3) is 0 Å². The van der Waals surface area contributed by atoms with Crippen molar-refractivity contribution in [2.45, 2.75) is 24.8 Å². The van der Waals surface area contributed by atoms with Gasteiger partial charge in [-0.3, -0.25) is 4.79 Å². The minimum Gasteiger partial charge on any atom is -0.469 e. The van der Waals surface area contributed by atoms with Crippen LogP contribution in [0.15, 0.2) is 58.6 Å². The van der Waals surface area contributed by atoms with E-state index in [0.717, 1.165) is 11.8 Å². The zero-order chi connectivity index (χ0) is 18.5. The molecule has 2 aliphatic rings. The molecular weight excluding hydrogens is 354 g/mol. The van der Waals surface area contributed by atoms with Gasteiger partial charge in [-0.1, -0.05) is 0 Å². The maximum atomic E-state index is 13.8. The van der Waals surface area contributed by atoms with Crippen molar-refractivity contribution < 1.29 is 18.0 Å². The molecule has 2 aromatic heterocycles. The van der Waals surface area contributed by atoms with Crippen molar-refractivity contribution in [1.29, 1.82) is 0 Å². The average molecular weight is 368 g/mol. The highest BCUT2D eigenvalue weighted by atomic mass is 19.1. The van der Waals surface area contributed by atoms with E-state index in [9.17, 15) is 13.6 Å². The second kappa shape index (κ2) is 5.87. The number of hydrogen-bond donors (Lipinski definition) is 1. The normalized spacial score (nSPS) is 21.6. The number of aromatic nitrogens is 3. The first kappa shape index (κ1) is 15.9. The molecule has 5 rings (SSSR count). The molecule has 27 heavy (non-hydrogen) atoms. The minimum absolute atomic E-state index is 0.0990. The summed E-state index contributed by atoms with van der Waals surface area (Å²) >= 11 is 0. The number of hydrogen-bond acceptors (Lipinski definition) is 5. The third-order valence-corrected chi connectivity index (χ3v) is 5.01. The summed E-state index contributed by atoms with van der Waals surface area (Å²) in [4.78, 5) is 17.2. The lowest BCUT2D eigenvalue weighted by Gasteiger charge is -2.34. The first-order valence-corrected chi connectivity index (χ1v) is 8.52. The van der Waals surface area contributed by atoms with Crippen molar-refractivity contribution in [3.63, 3.8) is 0 Å². The van der Waals surface area contributed by atoms with Crippen molar-refractivity contribution in [1.82, 2.24) is 14.8 Å². The Balaban J connectivity index is 1.64. The summed E-state index contributed by atoms with van der Waals surface area (Å²) in [6.07, 6.45) is 3.72. The summed E-state index contributed by atoms with van der Waals surface area (Å²) in [5.41, 5.74) is 1.46. The van der Waals surface area contributed by atoms with Gasteiger partial charge in [0.05, 0.1) is 6.26 Å². The number of carbonyl (C=O) groups is 1. The summed E-state index contributed by atoms with van der Waals surface area (Å²) in [5.74, 6) is -0.458. The number of fused-ring (bicyclic) bond motifs is 1. The third kappa shape index (κ3) is 2.56. The van der Waals surface area contributed by atoms with Crippen LogP contribution in [0.25, 0.3) is 0 Å². The fourth-order valence-electron chi connectivity index (χ4n) is 3.92. The molecular formula is C19H14F2N4O2. The summed E-state index contributed by atoms with van der Waals surface area (Å²) in [5, 5.41) is 7.31. The molecule has 1 aliphatic carbocycles. The predicted molar refractivity (Wildman–Crippen MR) is 90.9 cm³/mol. The highest BCUT2D eigenvalue weighted by Crippen LogP contribution is 2.43. The smallest absolute Gasteiger partial charge is 0.226 e. The van der Waals surface area contributed by atoms with Crippen LogP contribution < -0.4 is 5.32 Å². The predicted octanol–water partition coefficient (Wildman–Crippen LogP) is 3.57. The highest BCUT2D eigenvalue weighted by molar-refractivity contribution is 6.00. The standard InChI is InChI=1S/C19H14F2N4O2/c20-12-4-11(5-13(21)8-12)18-17-14(24-19-22-9-23-25(18)19)6-10(7-15(17)26)16-2-1-3-27-16/h1-5,8-10,18H,6-7H2,(H,22,23,24)/t10-,18+/m0/s1. The molecule has 0 spiro atoms. The van der Waals surface area contributed by atoms with Gasteiger partial charge in [-0.15, -0.1) is 0 Å². The molecule has 8 heteroatoms. The number of furan rings is 1. The Morgan fingerprint density at radius 1 is 1.19 bits per heavy atom. The van der Waals surface area contributed by atoms with E-state index in [-0.39, 0.29) is 18.1 Å². The minimum atomic E-state index is -0.728. The SMILES string of the molecule is O=C1C[C@@H](c2ccco2)CC2=C1[C@@H](c1cc(F)cc(F)c1)n1ncnc1N2. The Bertz CT molecular complexity index is 1050. The monoisotopic (exact) mass is 368 g/mol. The van der Waals surface area contributed by atoms with E-state index in [0.29, 0.717) is 29.2 Å². The van der Waals surface area contributed by atoms with Gasteiger partial charge < -0.3 is 9.73 Å². The van der Waals surface area contributed by atoms with Gasteiger partial charge in [0, 0.05) is 29.7 Å². The fourth-order valence-corrected chi connectivity index (χ4v) is 3.92. The molecule has 0 amide bonds. The molecule has 0 saturated carbocycles. The fraction of sp³-hybridized carbons (Fsp3) is 0.211. The van der Waals surface area contributed by atoms with Crippen LogP contribution in [0, 0.1) is 11.6 Å². The van der Waals surface area contributed by atoms with Gasteiger partial charge in [-0.25, -0.2) is 13.5 Å². The number of anilines is 1. The van der Waals surface area contributed by atoms with Crippen molar-refractivity contribution in [2.24, 2.45) is 0 Å². The van der Waals surface area contributed by atoms with Crippen LogP contribution in [-0.4, -0.2) is 20.5 Å². The van der Waals surface area contributed by atoms with Crippen LogP contribution in [-0.2, 0) is 4.79 Å². The Kier molecular flexibility index (Phi) is 3.46. The van der Waals surface area contributed by atoms with Crippen molar-refractivity contribution in [3.05, 3.63) is 77.2 Å². The van der Waals surface area contributed by atoms with Crippen molar-refractivity contribution >= 4 is 11.7 Å². The van der Waals surface area contributed by atoms with Gasteiger partial charge in [-0.05, 0) is 36.2 Å². The maximum Gasteiger partial charge on any atom is 0.226 e. The molecule has 3 aromatic rings. The van der Waals surface area contributed by atoms with E-state index in [4.69, 9.17) is 4.42 Å². The van der Waals surface area contributed by atoms with Crippen LogP contribution in [0.1, 0.15) is 36.1 Å². The van der Waals surface area contributed by atoms with E-state index in [1.807, 2.05) is 6.07 Å². The lowest BCUT2D eigenvalue weighted by molar-refractivity contribution is -0.117. The van der Waals surface area contributed by atoms with E-state index in [1.165, 1.54) is 23.1 Å². The van der Waals surface area contributed by atoms with E-state index < -0.39 is 17.7 Å². The summed E-state index contributed by atoms with van der Waals surface area (Å²) in [7, 11) is 0. The van der Waals surface area contributed by atoms with E-state index in [2.05, 4.69) is 15.4 Å². The molecule has 2 atom stereocenters. The first-order valence-electron chi connectivity index (χ1n) is 8.52. The third-order valence-electron chi connectivity index (χ3n) is 5.01. The second-order valence-corrected chi connectivity index (χ2v) is 6.69. The zero-order valence-corrected chi connectivity index (χ0v) is 14.0. The average Bonchev–Trinajstić information content (AvgIpc) is 3.30. The molecule has 0 bridgehead atoms. The Morgan fingerprint density at radius 3 is 2.74 bits per heavy atom. The Labute approximate surface area is 152 Å². The van der Waals surface area contributed by atoms with E-state index >= 15 is 0 Å². The number of Topliss-reactive ketones (excluding diaryl/α,β-unsaturated/α-hetero) is 1. The van der Waals surface area contributed by atoms with Gasteiger partial charge in [-0.2, -0.15) is 10.1 Å². The largest absolute Gasteiger partial charge is 0.469 e. The van der Waals surface area contributed by atoms with E-state index in [1.54, 1.807) is 12.3 Å².